The van der Waals surface area contributed by atoms with Crippen LogP contribution in [0.15, 0.2) is 22.7 Å². The number of primary amides is 1. The molecule has 1 unspecified atom stereocenters. The number of carbonyl (C=O) groups is 1. The summed E-state index contributed by atoms with van der Waals surface area (Å²) in [5.74, 6) is -0.436. The summed E-state index contributed by atoms with van der Waals surface area (Å²) in [7, 11) is 0. The van der Waals surface area contributed by atoms with E-state index in [-0.39, 0.29) is 11.7 Å². The van der Waals surface area contributed by atoms with E-state index in [1.54, 1.807) is 12.1 Å². The minimum Gasteiger partial charge on any atom is -0.366 e. The molecule has 1 fully saturated rings. The molecular weight excluding hydrogens is 296 g/mol. The van der Waals surface area contributed by atoms with Gasteiger partial charge in [-0.15, -0.1) is 0 Å². The zero-order chi connectivity index (χ0) is 13.3. The third-order valence-electron chi connectivity index (χ3n) is 3.17. The average molecular weight is 313 g/mol. The summed E-state index contributed by atoms with van der Waals surface area (Å²) in [6.07, 6.45) is -0.111. The molecule has 6 N–H and O–H groups in total. The summed E-state index contributed by atoms with van der Waals surface area (Å²) in [4.78, 5) is 11.3. The maximum absolute atomic E-state index is 11.3. The van der Waals surface area contributed by atoms with Crippen LogP contribution in [0.3, 0.4) is 0 Å². The van der Waals surface area contributed by atoms with Crippen molar-refractivity contribution in [2.24, 2.45) is 11.5 Å². The maximum atomic E-state index is 11.3. The molecule has 0 aromatic heterocycles. The van der Waals surface area contributed by atoms with E-state index in [1.807, 2.05) is 13.0 Å². The van der Waals surface area contributed by atoms with Gasteiger partial charge in [-0.25, -0.2) is 0 Å². The molecule has 0 spiro atoms. The van der Waals surface area contributed by atoms with E-state index in [2.05, 4.69) is 26.6 Å². The quantitative estimate of drug-likeness (QED) is 0.629. The van der Waals surface area contributed by atoms with E-state index in [9.17, 15) is 4.79 Å². The third-order valence-corrected chi connectivity index (χ3v) is 3.62. The Morgan fingerprint density at radius 2 is 2.22 bits per heavy atom. The normalized spacial score (nSPS) is 28.1. The van der Waals surface area contributed by atoms with Crippen LogP contribution in [0.2, 0.25) is 0 Å². The van der Waals surface area contributed by atoms with Crippen molar-refractivity contribution >= 4 is 21.8 Å². The Bertz CT molecular complexity index is 479. The first-order chi connectivity index (χ1) is 8.40. The SMILES string of the molecule is CC1(c2cc(Br)cc(C(N)=O)c2)CNC[C@H](N)N1. The molecule has 2 rings (SSSR count). The van der Waals surface area contributed by atoms with Gasteiger partial charge in [0, 0.05) is 23.1 Å². The maximum Gasteiger partial charge on any atom is 0.248 e. The molecule has 6 heteroatoms. The van der Waals surface area contributed by atoms with Gasteiger partial charge in [0.1, 0.15) is 0 Å². The fraction of sp³-hybridized carbons (Fsp3) is 0.417. The monoisotopic (exact) mass is 312 g/mol. The van der Waals surface area contributed by atoms with Crippen molar-refractivity contribution in [2.75, 3.05) is 13.1 Å². The molecule has 1 aromatic carbocycles. The summed E-state index contributed by atoms with van der Waals surface area (Å²) in [5, 5.41) is 6.62. The van der Waals surface area contributed by atoms with Crippen LogP contribution in [0.1, 0.15) is 22.8 Å². The standard InChI is InChI=1S/C12H17BrN4O/c1-12(6-16-5-10(14)17-12)8-2-7(11(15)18)3-9(13)4-8/h2-4,10,16-17H,5-6,14H2,1H3,(H2,15,18)/t10-,12?/m1/s1. The second-order valence-electron chi connectivity index (χ2n) is 4.81. The number of nitrogens with two attached hydrogens (primary N) is 2. The molecule has 1 aliphatic rings. The Morgan fingerprint density at radius 1 is 1.50 bits per heavy atom. The number of amides is 1. The van der Waals surface area contributed by atoms with Gasteiger partial charge in [0.05, 0.1) is 11.7 Å². The topological polar surface area (TPSA) is 93.2 Å². The smallest absolute Gasteiger partial charge is 0.248 e. The Morgan fingerprint density at radius 3 is 2.83 bits per heavy atom. The molecule has 0 radical (unpaired) electrons. The van der Waals surface area contributed by atoms with Crippen molar-refractivity contribution in [2.45, 2.75) is 18.6 Å². The number of hydrogen-bond acceptors (Lipinski definition) is 4. The highest BCUT2D eigenvalue weighted by molar-refractivity contribution is 9.10. The van der Waals surface area contributed by atoms with E-state index < -0.39 is 5.91 Å². The van der Waals surface area contributed by atoms with Gasteiger partial charge in [-0.3, -0.25) is 10.1 Å². The average Bonchev–Trinajstić information content (AvgIpc) is 2.27. The van der Waals surface area contributed by atoms with Crippen molar-refractivity contribution < 1.29 is 4.79 Å². The molecule has 2 atom stereocenters. The fourth-order valence-electron chi connectivity index (χ4n) is 2.22. The summed E-state index contributed by atoms with van der Waals surface area (Å²) >= 11 is 3.40. The van der Waals surface area contributed by atoms with Gasteiger partial charge < -0.3 is 16.8 Å². The van der Waals surface area contributed by atoms with Crippen molar-refractivity contribution in [3.05, 3.63) is 33.8 Å². The van der Waals surface area contributed by atoms with Gasteiger partial charge in [0.25, 0.3) is 0 Å². The van der Waals surface area contributed by atoms with Crippen LogP contribution in [0.5, 0.6) is 0 Å². The van der Waals surface area contributed by atoms with E-state index in [1.165, 1.54) is 0 Å². The van der Waals surface area contributed by atoms with Gasteiger partial charge in [-0.05, 0) is 30.7 Å². The Hall–Kier alpha value is -0.950. The summed E-state index contributed by atoms with van der Waals surface area (Å²) in [5.41, 5.74) is 12.4. The van der Waals surface area contributed by atoms with Crippen LogP contribution in [0.25, 0.3) is 0 Å². The van der Waals surface area contributed by atoms with E-state index in [0.29, 0.717) is 5.56 Å². The summed E-state index contributed by atoms with van der Waals surface area (Å²) in [6.45, 7) is 3.52. The molecule has 5 nitrogen and oxygen atoms in total. The first-order valence-electron chi connectivity index (χ1n) is 5.75. The summed E-state index contributed by atoms with van der Waals surface area (Å²) in [6, 6.07) is 5.49. The van der Waals surface area contributed by atoms with Gasteiger partial charge >= 0.3 is 0 Å². The number of piperazine rings is 1. The summed E-state index contributed by atoms with van der Waals surface area (Å²) < 4.78 is 0.830. The molecular formula is C12H17BrN4O. The fourth-order valence-corrected chi connectivity index (χ4v) is 2.72. The second kappa shape index (κ2) is 4.97. The van der Waals surface area contributed by atoms with Gasteiger partial charge in [-0.1, -0.05) is 15.9 Å². The molecule has 0 bridgehead atoms. The Balaban J connectivity index is 2.40. The van der Waals surface area contributed by atoms with Crippen molar-refractivity contribution in [3.63, 3.8) is 0 Å². The van der Waals surface area contributed by atoms with Crippen LogP contribution in [0.4, 0.5) is 0 Å². The number of hydrogen-bond donors (Lipinski definition) is 4. The minimum absolute atomic E-state index is 0.111. The van der Waals surface area contributed by atoms with E-state index >= 15 is 0 Å². The molecule has 18 heavy (non-hydrogen) atoms. The van der Waals surface area contributed by atoms with Crippen molar-refractivity contribution in [1.29, 1.82) is 0 Å². The van der Waals surface area contributed by atoms with Gasteiger partial charge in [0.15, 0.2) is 0 Å². The molecule has 1 aromatic rings. The lowest BCUT2D eigenvalue weighted by molar-refractivity contribution is 0.1000. The zero-order valence-corrected chi connectivity index (χ0v) is 11.8. The lowest BCUT2D eigenvalue weighted by atomic mass is 9.89. The zero-order valence-electron chi connectivity index (χ0n) is 10.2. The highest BCUT2D eigenvalue weighted by atomic mass is 79.9. The van der Waals surface area contributed by atoms with Gasteiger partial charge in [-0.2, -0.15) is 0 Å². The molecule has 0 aliphatic carbocycles. The molecule has 1 saturated heterocycles. The van der Waals surface area contributed by atoms with Crippen LogP contribution in [-0.2, 0) is 5.54 Å². The molecule has 1 amide bonds. The molecule has 0 saturated carbocycles. The lowest BCUT2D eigenvalue weighted by Crippen LogP contribution is -2.63. The molecule has 98 valence electrons. The number of benzene rings is 1. The highest BCUT2D eigenvalue weighted by Gasteiger charge is 2.32. The second-order valence-corrected chi connectivity index (χ2v) is 5.72. The number of nitrogens with one attached hydrogen (secondary N) is 2. The minimum atomic E-state index is -0.436. The molecule has 1 heterocycles. The third kappa shape index (κ3) is 2.72. The van der Waals surface area contributed by atoms with Crippen LogP contribution in [-0.4, -0.2) is 25.2 Å². The van der Waals surface area contributed by atoms with E-state index in [4.69, 9.17) is 11.5 Å². The Labute approximate surface area is 114 Å². The number of halogens is 1. The lowest BCUT2D eigenvalue weighted by Gasteiger charge is -2.39. The number of rotatable bonds is 2. The van der Waals surface area contributed by atoms with Crippen LogP contribution >= 0.6 is 15.9 Å². The van der Waals surface area contributed by atoms with Gasteiger partial charge in [0.2, 0.25) is 5.91 Å². The van der Waals surface area contributed by atoms with Crippen LogP contribution in [0, 0.1) is 0 Å². The predicted molar refractivity (Wildman–Crippen MR) is 74.0 cm³/mol. The predicted octanol–water partition coefficient (Wildman–Crippen LogP) is 0.241. The highest BCUT2D eigenvalue weighted by Crippen LogP contribution is 2.26. The van der Waals surface area contributed by atoms with Crippen LogP contribution < -0.4 is 22.1 Å². The first-order valence-corrected chi connectivity index (χ1v) is 6.55. The largest absolute Gasteiger partial charge is 0.366 e. The van der Waals surface area contributed by atoms with E-state index in [0.717, 1.165) is 23.1 Å². The Kier molecular flexibility index (Phi) is 3.72. The number of carbonyl (C=O) groups excluding carboxylic acids is 1. The van der Waals surface area contributed by atoms with Crippen molar-refractivity contribution in [3.8, 4) is 0 Å². The van der Waals surface area contributed by atoms with Crippen molar-refractivity contribution in [1.82, 2.24) is 10.6 Å². The molecule has 1 aliphatic heterocycles. The first kappa shape index (κ1) is 13.5.